The van der Waals surface area contributed by atoms with Gasteiger partial charge in [0.15, 0.2) is 6.61 Å². The van der Waals surface area contributed by atoms with Gasteiger partial charge in [0.25, 0.3) is 5.91 Å². The number of amides is 1. The van der Waals surface area contributed by atoms with Crippen molar-refractivity contribution in [2.75, 3.05) is 6.61 Å². The van der Waals surface area contributed by atoms with Crippen molar-refractivity contribution in [1.82, 2.24) is 15.3 Å². The van der Waals surface area contributed by atoms with Crippen LogP contribution in [0.2, 0.25) is 0 Å². The maximum Gasteiger partial charge on any atom is 0.258 e. The molecular weight excluding hydrogens is 346 g/mol. The zero-order valence-corrected chi connectivity index (χ0v) is 15.9. The van der Waals surface area contributed by atoms with Crippen LogP contribution in [-0.4, -0.2) is 22.5 Å². The second kappa shape index (κ2) is 8.10. The number of hydrogen-bond donors (Lipinski definition) is 1. The van der Waals surface area contributed by atoms with Gasteiger partial charge in [0.2, 0.25) is 0 Å². The SMILES string of the molecule is Cc1cccc(OCC(=O)NCc2sc(-c3cccnc3)nc2C)c1C. The molecular formula is C20H21N3O2S. The minimum Gasteiger partial charge on any atom is -0.483 e. The van der Waals surface area contributed by atoms with E-state index in [2.05, 4.69) is 15.3 Å². The van der Waals surface area contributed by atoms with Crippen molar-refractivity contribution in [2.24, 2.45) is 0 Å². The summed E-state index contributed by atoms with van der Waals surface area (Å²) in [4.78, 5) is 21.8. The molecule has 0 atom stereocenters. The summed E-state index contributed by atoms with van der Waals surface area (Å²) in [6, 6.07) is 9.69. The van der Waals surface area contributed by atoms with E-state index in [1.54, 1.807) is 23.7 Å². The van der Waals surface area contributed by atoms with E-state index in [-0.39, 0.29) is 12.5 Å². The van der Waals surface area contributed by atoms with Crippen LogP contribution in [-0.2, 0) is 11.3 Å². The summed E-state index contributed by atoms with van der Waals surface area (Å²) < 4.78 is 5.64. The number of ether oxygens (including phenoxy) is 1. The number of carbonyl (C=O) groups excluding carboxylic acids is 1. The number of pyridine rings is 1. The Morgan fingerprint density at radius 1 is 1.19 bits per heavy atom. The number of rotatable bonds is 6. The lowest BCUT2D eigenvalue weighted by Crippen LogP contribution is -2.28. The maximum absolute atomic E-state index is 12.1. The number of aryl methyl sites for hydroxylation is 2. The Kier molecular flexibility index (Phi) is 5.63. The lowest BCUT2D eigenvalue weighted by atomic mass is 10.1. The van der Waals surface area contributed by atoms with Crippen molar-refractivity contribution in [2.45, 2.75) is 27.3 Å². The van der Waals surface area contributed by atoms with E-state index >= 15 is 0 Å². The molecule has 2 heterocycles. The lowest BCUT2D eigenvalue weighted by Gasteiger charge is -2.10. The van der Waals surface area contributed by atoms with E-state index in [0.717, 1.165) is 38.0 Å². The number of nitrogens with zero attached hydrogens (tertiary/aromatic N) is 2. The first-order chi connectivity index (χ1) is 12.5. The summed E-state index contributed by atoms with van der Waals surface area (Å²) in [5.74, 6) is 0.592. The van der Waals surface area contributed by atoms with Crippen LogP contribution in [0, 0.1) is 20.8 Å². The average molecular weight is 367 g/mol. The molecule has 0 saturated heterocycles. The second-order valence-corrected chi connectivity index (χ2v) is 7.12. The number of benzene rings is 1. The maximum atomic E-state index is 12.1. The Morgan fingerprint density at radius 2 is 2.04 bits per heavy atom. The summed E-state index contributed by atoms with van der Waals surface area (Å²) in [7, 11) is 0. The highest BCUT2D eigenvalue weighted by Crippen LogP contribution is 2.27. The number of aromatic nitrogens is 2. The molecule has 6 heteroatoms. The molecule has 5 nitrogen and oxygen atoms in total. The zero-order valence-electron chi connectivity index (χ0n) is 15.1. The summed E-state index contributed by atoms with van der Waals surface area (Å²) in [6.07, 6.45) is 3.53. The molecule has 0 aliphatic carbocycles. The van der Waals surface area contributed by atoms with Crippen molar-refractivity contribution in [3.05, 3.63) is 64.4 Å². The van der Waals surface area contributed by atoms with E-state index in [1.807, 2.05) is 51.1 Å². The van der Waals surface area contributed by atoms with Gasteiger partial charge in [0.05, 0.1) is 12.2 Å². The molecule has 0 radical (unpaired) electrons. The predicted octanol–water partition coefficient (Wildman–Crippen LogP) is 3.83. The van der Waals surface area contributed by atoms with Crippen molar-refractivity contribution < 1.29 is 9.53 Å². The molecule has 0 spiro atoms. The summed E-state index contributed by atoms with van der Waals surface area (Å²) in [5.41, 5.74) is 4.10. The summed E-state index contributed by atoms with van der Waals surface area (Å²) in [6.45, 7) is 6.40. The molecule has 1 aromatic carbocycles. The van der Waals surface area contributed by atoms with Crippen LogP contribution in [0.15, 0.2) is 42.7 Å². The van der Waals surface area contributed by atoms with Crippen LogP contribution in [0.4, 0.5) is 0 Å². The molecule has 26 heavy (non-hydrogen) atoms. The van der Waals surface area contributed by atoms with Crippen LogP contribution in [0.1, 0.15) is 21.7 Å². The molecule has 1 amide bonds. The summed E-state index contributed by atoms with van der Waals surface area (Å²) in [5, 5.41) is 3.81. The molecule has 3 aromatic rings. The van der Waals surface area contributed by atoms with Crippen molar-refractivity contribution >= 4 is 17.2 Å². The Balaban J connectivity index is 1.56. The highest BCUT2D eigenvalue weighted by Gasteiger charge is 2.11. The monoisotopic (exact) mass is 367 g/mol. The molecule has 134 valence electrons. The molecule has 1 N–H and O–H groups in total. The standard InChI is InChI=1S/C20H21N3O2S/c1-13-6-4-8-17(14(13)2)25-12-19(24)22-11-18-15(3)23-20(26-18)16-7-5-9-21-10-16/h4-10H,11-12H2,1-3H3,(H,22,24). The molecule has 3 rings (SSSR count). The quantitative estimate of drug-likeness (QED) is 0.719. The highest BCUT2D eigenvalue weighted by molar-refractivity contribution is 7.15. The van der Waals surface area contributed by atoms with Crippen LogP contribution in [0.3, 0.4) is 0 Å². The van der Waals surface area contributed by atoms with Gasteiger partial charge in [-0.1, -0.05) is 12.1 Å². The van der Waals surface area contributed by atoms with Gasteiger partial charge in [-0.3, -0.25) is 9.78 Å². The number of thiazole rings is 1. The Hall–Kier alpha value is -2.73. The highest BCUT2D eigenvalue weighted by atomic mass is 32.1. The Labute approximate surface area is 157 Å². The van der Waals surface area contributed by atoms with E-state index in [4.69, 9.17) is 4.74 Å². The zero-order chi connectivity index (χ0) is 18.5. The fraction of sp³-hybridized carbons (Fsp3) is 0.250. The third-order valence-corrected chi connectivity index (χ3v) is 5.37. The topological polar surface area (TPSA) is 64.1 Å². The fourth-order valence-corrected chi connectivity index (χ4v) is 3.45. The van der Waals surface area contributed by atoms with Gasteiger partial charge in [-0.2, -0.15) is 0 Å². The fourth-order valence-electron chi connectivity index (χ4n) is 2.46. The predicted molar refractivity (Wildman–Crippen MR) is 103 cm³/mol. The van der Waals surface area contributed by atoms with E-state index in [9.17, 15) is 4.79 Å². The second-order valence-electron chi connectivity index (χ2n) is 6.03. The Bertz CT molecular complexity index is 907. The normalized spacial score (nSPS) is 10.6. The molecule has 0 bridgehead atoms. The van der Waals surface area contributed by atoms with Crippen molar-refractivity contribution in [3.8, 4) is 16.3 Å². The summed E-state index contributed by atoms with van der Waals surface area (Å²) >= 11 is 1.57. The first-order valence-corrected chi connectivity index (χ1v) is 9.18. The van der Waals surface area contributed by atoms with E-state index < -0.39 is 0 Å². The third kappa shape index (κ3) is 4.26. The van der Waals surface area contributed by atoms with Gasteiger partial charge in [0.1, 0.15) is 10.8 Å². The van der Waals surface area contributed by atoms with Gasteiger partial charge < -0.3 is 10.1 Å². The first-order valence-electron chi connectivity index (χ1n) is 8.37. The van der Waals surface area contributed by atoms with Crippen molar-refractivity contribution in [3.63, 3.8) is 0 Å². The van der Waals surface area contributed by atoms with Gasteiger partial charge in [-0.25, -0.2) is 4.98 Å². The minimum absolute atomic E-state index is 0.00237. The van der Waals surface area contributed by atoms with Gasteiger partial charge in [-0.15, -0.1) is 11.3 Å². The minimum atomic E-state index is -0.151. The van der Waals surface area contributed by atoms with Crippen LogP contribution in [0.5, 0.6) is 5.75 Å². The molecule has 2 aromatic heterocycles. The van der Waals surface area contributed by atoms with Crippen LogP contribution in [0.25, 0.3) is 10.6 Å². The van der Waals surface area contributed by atoms with E-state index in [0.29, 0.717) is 6.54 Å². The largest absolute Gasteiger partial charge is 0.483 e. The van der Waals surface area contributed by atoms with Gasteiger partial charge >= 0.3 is 0 Å². The average Bonchev–Trinajstić information content (AvgIpc) is 3.03. The van der Waals surface area contributed by atoms with E-state index in [1.165, 1.54) is 0 Å². The smallest absolute Gasteiger partial charge is 0.258 e. The van der Waals surface area contributed by atoms with Crippen LogP contribution >= 0.6 is 11.3 Å². The molecule has 0 fully saturated rings. The number of nitrogens with one attached hydrogen (secondary N) is 1. The van der Waals surface area contributed by atoms with Gasteiger partial charge in [0, 0.05) is 22.8 Å². The first kappa shape index (κ1) is 18.1. The van der Waals surface area contributed by atoms with Crippen LogP contribution < -0.4 is 10.1 Å². The molecule has 0 unspecified atom stereocenters. The van der Waals surface area contributed by atoms with Crippen molar-refractivity contribution in [1.29, 1.82) is 0 Å². The number of hydrogen-bond acceptors (Lipinski definition) is 5. The molecule has 0 aliphatic heterocycles. The molecule has 0 saturated carbocycles. The van der Waals surface area contributed by atoms with Gasteiger partial charge in [-0.05, 0) is 50.1 Å². The lowest BCUT2D eigenvalue weighted by molar-refractivity contribution is -0.123. The molecule has 0 aliphatic rings. The number of carbonyl (C=O) groups is 1. The third-order valence-electron chi connectivity index (χ3n) is 4.16. The Morgan fingerprint density at radius 3 is 2.81 bits per heavy atom.